The van der Waals surface area contributed by atoms with Crippen LogP contribution in [0, 0.1) is 11.3 Å². The standard InChI is InChI=1S/C10H9BrN2O2/c1-15-10(14)8-2-7(5-13)9(11)3-6(8)4-12/h2-3H,5,13H2,1H3. The smallest absolute Gasteiger partial charge is 0.339 e. The lowest BCUT2D eigenvalue weighted by atomic mass is 10.0. The molecule has 0 heterocycles. The molecule has 1 aromatic carbocycles. The number of rotatable bonds is 2. The first-order valence-corrected chi connectivity index (χ1v) is 4.94. The van der Waals surface area contributed by atoms with Crippen LogP contribution in [0.1, 0.15) is 21.5 Å². The Balaban J connectivity index is 3.37. The van der Waals surface area contributed by atoms with Crippen LogP contribution in [0.15, 0.2) is 16.6 Å². The molecule has 15 heavy (non-hydrogen) atoms. The fourth-order valence-corrected chi connectivity index (χ4v) is 1.65. The van der Waals surface area contributed by atoms with Crippen LogP contribution in [0.25, 0.3) is 0 Å². The van der Waals surface area contributed by atoms with E-state index in [1.54, 1.807) is 12.1 Å². The topological polar surface area (TPSA) is 76.1 Å². The van der Waals surface area contributed by atoms with Gasteiger partial charge in [-0.2, -0.15) is 5.26 Å². The summed E-state index contributed by atoms with van der Waals surface area (Å²) in [6.07, 6.45) is 0. The summed E-state index contributed by atoms with van der Waals surface area (Å²) in [6, 6.07) is 5.06. The normalized spacial score (nSPS) is 9.47. The number of ether oxygens (including phenoxy) is 1. The summed E-state index contributed by atoms with van der Waals surface area (Å²) in [6.45, 7) is 0.288. The summed E-state index contributed by atoms with van der Waals surface area (Å²) >= 11 is 3.27. The molecule has 0 aliphatic rings. The molecule has 0 radical (unpaired) electrons. The van der Waals surface area contributed by atoms with Crippen LogP contribution in [0.4, 0.5) is 0 Å². The molecule has 1 rings (SSSR count). The number of esters is 1. The summed E-state index contributed by atoms with van der Waals surface area (Å²) in [5.74, 6) is -0.534. The van der Waals surface area contributed by atoms with Crippen molar-refractivity contribution in [2.75, 3.05) is 7.11 Å². The summed E-state index contributed by atoms with van der Waals surface area (Å²) in [5.41, 5.74) is 6.76. The number of nitrogens with zero attached hydrogens (tertiary/aromatic N) is 1. The minimum atomic E-state index is -0.534. The van der Waals surface area contributed by atoms with E-state index in [9.17, 15) is 4.79 Å². The molecule has 0 aromatic heterocycles. The predicted molar refractivity (Wildman–Crippen MR) is 58.1 cm³/mol. The van der Waals surface area contributed by atoms with E-state index in [4.69, 9.17) is 11.0 Å². The lowest BCUT2D eigenvalue weighted by Crippen LogP contribution is -2.07. The second kappa shape index (κ2) is 4.91. The highest BCUT2D eigenvalue weighted by molar-refractivity contribution is 9.10. The van der Waals surface area contributed by atoms with Gasteiger partial charge < -0.3 is 10.5 Å². The highest BCUT2D eigenvalue weighted by Gasteiger charge is 2.14. The van der Waals surface area contributed by atoms with Crippen LogP contribution in [0.3, 0.4) is 0 Å². The van der Waals surface area contributed by atoms with Crippen molar-refractivity contribution >= 4 is 21.9 Å². The van der Waals surface area contributed by atoms with Crippen LogP contribution in [0.2, 0.25) is 0 Å². The summed E-state index contributed by atoms with van der Waals surface area (Å²) in [5, 5.41) is 8.84. The van der Waals surface area contributed by atoms with Crippen LogP contribution in [0.5, 0.6) is 0 Å². The van der Waals surface area contributed by atoms with Crippen molar-refractivity contribution in [2.45, 2.75) is 6.54 Å². The molecule has 0 fully saturated rings. The minimum absolute atomic E-state index is 0.239. The Hall–Kier alpha value is -1.38. The molecular formula is C10H9BrN2O2. The van der Waals surface area contributed by atoms with Gasteiger partial charge in [0.05, 0.1) is 18.2 Å². The van der Waals surface area contributed by atoms with E-state index in [0.717, 1.165) is 5.56 Å². The molecule has 4 nitrogen and oxygen atoms in total. The van der Waals surface area contributed by atoms with Gasteiger partial charge in [0.25, 0.3) is 0 Å². The van der Waals surface area contributed by atoms with Gasteiger partial charge in [0, 0.05) is 11.0 Å². The lowest BCUT2D eigenvalue weighted by Gasteiger charge is -2.06. The molecule has 0 aliphatic carbocycles. The molecule has 0 saturated heterocycles. The molecule has 0 amide bonds. The summed E-state index contributed by atoms with van der Waals surface area (Å²) in [4.78, 5) is 11.3. The van der Waals surface area contributed by atoms with Crippen LogP contribution in [-0.4, -0.2) is 13.1 Å². The Morgan fingerprint density at radius 2 is 2.33 bits per heavy atom. The van der Waals surface area contributed by atoms with Crippen molar-refractivity contribution in [3.05, 3.63) is 33.3 Å². The third-order valence-electron chi connectivity index (χ3n) is 1.93. The molecule has 0 unspecified atom stereocenters. The lowest BCUT2D eigenvalue weighted by molar-refractivity contribution is 0.0600. The van der Waals surface area contributed by atoms with Crippen LogP contribution in [-0.2, 0) is 11.3 Å². The fourth-order valence-electron chi connectivity index (χ4n) is 1.15. The molecule has 1 aromatic rings. The Bertz CT molecular complexity index is 438. The number of hydrogen-bond donors (Lipinski definition) is 1. The number of halogens is 1. The highest BCUT2D eigenvalue weighted by Crippen LogP contribution is 2.22. The number of benzene rings is 1. The molecule has 0 atom stereocenters. The second-order valence-electron chi connectivity index (χ2n) is 2.80. The Kier molecular flexibility index (Phi) is 3.83. The monoisotopic (exact) mass is 268 g/mol. The maximum Gasteiger partial charge on any atom is 0.339 e. The number of carbonyl (C=O) groups excluding carboxylic acids is 1. The maximum absolute atomic E-state index is 11.3. The van der Waals surface area contributed by atoms with Gasteiger partial charge in [-0.05, 0) is 17.7 Å². The van der Waals surface area contributed by atoms with E-state index in [1.807, 2.05) is 6.07 Å². The predicted octanol–water partition coefficient (Wildman–Crippen LogP) is 1.57. The minimum Gasteiger partial charge on any atom is -0.465 e. The van der Waals surface area contributed by atoms with Crippen molar-refractivity contribution in [1.29, 1.82) is 5.26 Å². The summed E-state index contributed by atoms with van der Waals surface area (Å²) in [7, 11) is 1.27. The molecule has 0 saturated carbocycles. The Morgan fingerprint density at radius 1 is 1.67 bits per heavy atom. The quantitative estimate of drug-likeness (QED) is 0.827. The molecule has 0 aliphatic heterocycles. The van der Waals surface area contributed by atoms with Crippen molar-refractivity contribution in [2.24, 2.45) is 5.73 Å². The van der Waals surface area contributed by atoms with E-state index in [0.29, 0.717) is 4.47 Å². The van der Waals surface area contributed by atoms with E-state index >= 15 is 0 Å². The molecule has 2 N–H and O–H groups in total. The van der Waals surface area contributed by atoms with Gasteiger partial charge in [0.1, 0.15) is 6.07 Å². The highest BCUT2D eigenvalue weighted by atomic mass is 79.9. The van der Waals surface area contributed by atoms with Crippen LogP contribution < -0.4 is 5.73 Å². The SMILES string of the molecule is COC(=O)c1cc(CN)c(Br)cc1C#N. The molecule has 0 spiro atoms. The van der Waals surface area contributed by atoms with Crippen molar-refractivity contribution in [1.82, 2.24) is 0 Å². The largest absolute Gasteiger partial charge is 0.465 e. The fraction of sp³-hybridized carbons (Fsp3) is 0.200. The van der Waals surface area contributed by atoms with E-state index in [2.05, 4.69) is 20.7 Å². The number of methoxy groups -OCH3 is 1. The van der Waals surface area contributed by atoms with Crippen molar-refractivity contribution < 1.29 is 9.53 Å². The van der Waals surface area contributed by atoms with Gasteiger partial charge in [0.2, 0.25) is 0 Å². The van der Waals surface area contributed by atoms with Gasteiger partial charge in [-0.15, -0.1) is 0 Å². The third-order valence-corrected chi connectivity index (χ3v) is 2.67. The van der Waals surface area contributed by atoms with Crippen molar-refractivity contribution in [3.63, 3.8) is 0 Å². The zero-order valence-corrected chi connectivity index (χ0v) is 9.67. The first kappa shape index (κ1) is 11.7. The average molecular weight is 269 g/mol. The van der Waals surface area contributed by atoms with Gasteiger partial charge in [-0.1, -0.05) is 15.9 Å². The van der Waals surface area contributed by atoms with Gasteiger partial charge in [-0.3, -0.25) is 0 Å². The average Bonchev–Trinajstić information content (AvgIpc) is 2.27. The van der Waals surface area contributed by atoms with Crippen LogP contribution >= 0.6 is 15.9 Å². The number of carbonyl (C=O) groups is 1. The molecule has 5 heteroatoms. The summed E-state index contributed by atoms with van der Waals surface area (Å²) < 4.78 is 5.29. The maximum atomic E-state index is 11.3. The zero-order chi connectivity index (χ0) is 11.4. The Labute approximate surface area is 95.8 Å². The first-order chi connectivity index (χ1) is 7.13. The zero-order valence-electron chi connectivity index (χ0n) is 8.08. The molecule has 0 bridgehead atoms. The van der Waals surface area contributed by atoms with Crippen molar-refractivity contribution in [3.8, 4) is 6.07 Å². The Morgan fingerprint density at radius 3 is 2.80 bits per heavy atom. The van der Waals surface area contributed by atoms with Gasteiger partial charge >= 0.3 is 5.97 Å². The first-order valence-electron chi connectivity index (χ1n) is 4.15. The second-order valence-corrected chi connectivity index (χ2v) is 3.65. The van der Waals surface area contributed by atoms with Gasteiger partial charge in [0.15, 0.2) is 0 Å². The number of nitrogens with two attached hydrogens (primary N) is 1. The van der Waals surface area contributed by atoms with E-state index < -0.39 is 5.97 Å². The van der Waals surface area contributed by atoms with E-state index in [1.165, 1.54) is 7.11 Å². The number of nitriles is 1. The third kappa shape index (κ3) is 2.35. The van der Waals surface area contributed by atoms with Gasteiger partial charge in [-0.25, -0.2) is 4.79 Å². The molecule has 78 valence electrons. The van der Waals surface area contributed by atoms with E-state index in [-0.39, 0.29) is 17.7 Å². The number of hydrogen-bond acceptors (Lipinski definition) is 4. The molecular weight excluding hydrogens is 260 g/mol.